The van der Waals surface area contributed by atoms with Crippen LogP contribution in [0, 0.1) is 0 Å². The van der Waals surface area contributed by atoms with Gasteiger partial charge in [-0.25, -0.2) is 0 Å². The van der Waals surface area contributed by atoms with Crippen molar-refractivity contribution in [2.24, 2.45) is 0 Å². The van der Waals surface area contributed by atoms with Gasteiger partial charge in [-0.2, -0.15) is 0 Å². The second-order valence-electron chi connectivity index (χ2n) is 4.16. The summed E-state index contributed by atoms with van der Waals surface area (Å²) in [5.41, 5.74) is 1.95. The van der Waals surface area contributed by atoms with E-state index in [1.54, 1.807) is 6.08 Å². The van der Waals surface area contributed by atoms with Gasteiger partial charge in [0.25, 0.3) is 0 Å². The zero-order valence-electron chi connectivity index (χ0n) is 11.2. The molecular formula is C15H18O4. The first-order chi connectivity index (χ1) is 9.01. The van der Waals surface area contributed by atoms with Crippen LogP contribution in [0.4, 0.5) is 0 Å². The van der Waals surface area contributed by atoms with Crippen LogP contribution in [-0.4, -0.2) is 18.2 Å². The van der Waals surface area contributed by atoms with Crippen LogP contribution in [0.2, 0.25) is 0 Å². The number of hydrogen-bond donors (Lipinski definition) is 0. The summed E-state index contributed by atoms with van der Waals surface area (Å²) in [6.45, 7) is 6.45. The summed E-state index contributed by atoms with van der Waals surface area (Å²) in [5, 5.41) is 0. The molecule has 0 aliphatic carbocycles. The Morgan fingerprint density at radius 1 is 1.32 bits per heavy atom. The molecule has 0 fully saturated rings. The zero-order valence-corrected chi connectivity index (χ0v) is 11.2. The van der Waals surface area contributed by atoms with E-state index >= 15 is 0 Å². The lowest BCUT2D eigenvalue weighted by Crippen LogP contribution is -2.21. The molecule has 0 spiro atoms. The van der Waals surface area contributed by atoms with Crippen LogP contribution in [0.1, 0.15) is 25.0 Å². The Morgan fingerprint density at radius 2 is 2.00 bits per heavy atom. The van der Waals surface area contributed by atoms with Gasteiger partial charge in [-0.1, -0.05) is 30.3 Å². The predicted octanol–water partition coefficient (Wildman–Crippen LogP) is 2.41. The summed E-state index contributed by atoms with van der Waals surface area (Å²) < 4.78 is 9.69. The maximum atomic E-state index is 11.6. The maximum absolute atomic E-state index is 11.6. The summed E-state index contributed by atoms with van der Waals surface area (Å²) in [6, 6.07) is 7.64. The van der Waals surface area contributed by atoms with Crippen LogP contribution in [0.5, 0.6) is 0 Å². The molecule has 0 amide bonds. The number of rotatable bonds is 6. The first-order valence-electron chi connectivity index (χ1n) is 6.06. The molecule has 1 aromatic carbocycles. The highest BCUT2D eigenvalue weighted by atomic mass is 16.7. The predicted molar refractivity (Wildman–Crippen MR) is 71.4 cm³/mol. The molecule has 0 N–H and O–H groups in total. The van der Waals surface area contributed by atoms with Crippen molar-refractivity contribution in [1.82, 2.24) is 0 Å². The van der Waals surface area contributed by atoms with Crippen molar-refractivity contribution in [3.8, 4) is 0 Å². The van der Waals surface area contributed by atoms with E-state index in [2.05, 4.69) is 6.58 Å². The van der Waals surface area contributed by atoms with E-state index in [0.717, 1.165) is 17.5 Å². The molecule has 1 atom stereocenters. The molecule has 0 aliphatic heterocycles. The smallest absolute Gasteiger partial charge is 0.313 e. The molecule has 1 aromatic rings. The van der Waals surface area contributed by atoms with Crippen molar-refractivity contribution in [2.75, 3.05) is 0 Å². The lowest BCUT2D eigenvalue weighted by molar-refractivity contribution is -0.182. The molecule has 0 saturated heterocycles. The van der Waals surface area contributed by atoms with Gasteiger partial charge in [0.2, 0.25) is 6.29 Å². The quantitative estimate of drug-likeness (QED) is 0.449. The van der Waals surface area contributed by atoms with Crippen LogP contribution in [-0.2, 0) is 31.9 Å². The third-order valence-corrected chi connectivity index (χ3v) is 2.35. The van der Waals surface area contributed by atoms with Gasteiger partial charge in [0.1, 0.15) is 0 Å². The first-order valence-corrected chi connectivity index (χ1v) is 6.06. The lowest BCUT2D eigenvalue weighted by Gasteiger charge is -2.12. The van der Waals surface area contributed by atoms with E-state index in [-0.39, 0.29) is 6.42 Å². The number of benzene rings is 1. The molecule has 0 radical (unpaired) electrons. The average molecular weight is 262 g/mol. The van der Waals surface area contributed by atoms with Crippen molar-refractivity contribution in [1.29, 1.82) is 0 Å². The second-order valence-corrected chi connectivity index (χ2v) is 4.16. The number of allylic oxidation sites excluding steroid dienone is 1. The number of hydrogen-bond acceptors (Lipinski definition) is 4. The van der Waals surface area contributed by atoms with Gasteiger partial charge in [0.05, 0.1) is 6.42 Å². The molecule has 1 rings (SSSR count). The normalized spacial score (nSPS) is 11.5. The molecule has 0 saturated carbocycles. The van der Waals surface area contributed by atoms with Gasteiger partial charge in [-0.05, 0) is 17.5 Å². The Bertz CT molecular complexity index is 465. The number of carbonyl (C=O) groups is 2. The van der Waals surface area contributed by atoms with Crippen LogP contribution >= 0.6 is 0 Å². The van der Waals surface area contributed by atoms with Gasteiger partial charge in [-0.3, -0.25) is 9.59 Å². The second kappa shape index (κ2) is 7.36. The summed E-state index contributed by atoms with van der Waals surface area (Å²) >= 11 is 0. The van der Waals surface area contributed by atoms with Crippen LogP contribution in [0.15, 0.2) is 36.9 Å². The van der Waals surface area contributed by atoms with Crippen molar-refractivity contribution in [2.45, 2.75) is 33.0 Å². The monoisotopic (exact) mass is 262 g/mol. The van der Waals surface area contributed by atoms with Gasteiger partial charge in [0.15, 0.2) is 0 Å². The topological polar surface area (TPSA) is 52.6 Å². The number of ether oxygens (including phenoxy) is 2. The zero-order chi connectivity index (χ0) is 14.3. The van der Waals surface area contributed by atoms with E-state index < -0.39 is 18.2 Å². The van der Waals surface area contributed by atoms with Gasteiger partial charge < -0.3 is 9.47 Å². The highest BCUT2D eigenvalue weighted by Crippen LogP contribution is 2.08. The highest BCUT2D eigenvalue weighted by Gasteiger charge is 2.12. The molecule has 4 nitrogen and oxygen atoms in total. The Balaban J connectivity index is 2.54. The summed E-state index contributed by atoms with van der Waals surface area (Å²) in [4.78, 5) is 22.3. The Hall–Kier alpha value is -2.10. The first kappa shape index (κ1) is 15.0. The fraction of sp³-hybridized carbons (Fsp3) is 0.333. The SMILES string of the molecule is C=CCc1cccc(CC(=O)OC(C)OC(C)=O)c1. The summed E-state index contributed by atoms with van der Waals surface area (Å²) in [6.07, 6.45) is 1.85. The molecule has 4 heteroatoms. The summed E-state index contributed by atoms with van der Waals surface area (Å²) in [7, 11) is 0. The van der Waals surface area contributed by atoms with Crippen molar-refractivity contribution in [3.63, 3.8) is 0 Å². The molecule has 0 aromatic heterocycles. The molecular weight excluding hydrogens is 244 g/mol. The fourth-order valence-electron chi connectivity index (χ4n) is 1.68. The third kappa shape index (κ3) is 5.86. The lowest BCUT2D eigenvalue weighted by atomic mass is 10.1. The molecule has 0 aliphatic rings. The number of esters is 2. The molecule has 0 bridgehead atoms. The largest absolute Gasteiger partial charge is 0.426 e. The summed E-state index contributed by atoms with van der Waals surface area (Å²) in [5.74, 6) is -0.905. The molecule has 1 unspecified atom stereocenters. The minimum atomic E-state index is -0.860. The van der Waals surface area contributed by atoms with E-state index in [4.69, 9.17) is 9.47 Å². The van der Waals surface area contributed by atoms with E-state index in [1.807, 2.05) is 24.3 Å². The van der Waals surface area contributed by atoms with E-state index in [0.29, 0.717) is 0 Å². The van der Waals surface area contributed by atoms with Gasteiger partial charge >= 0.3 is 11.9 Å². The maximum Gasteiger partial charge on any atom is 0.313 e. The third-order valence-electron chi connectivity index (χ3n) is 2.35. The molecule has 102 valence electrons. The van der Waals surface area contributed by atoms with Crippen LogP contribution in [0.3, 0.4) is 0 Å². The van der Waals surface area contributed by atoms with Gasteiger partial charge in [0, 0.05) is 13.8 Å². The minimum absolute atomic E-state index is 0.149. The fourth-order valence-corrected chi connectivity index (χ4v) is 1.68. The van der Waals surface area contributed by atoms with Crippen LogP contribution in [0.25, 0.3) is 0 Å². The molecule has 19 heavy (non-hydrogen) atoms. The molecule has 0 heterocycles. The Morgan fingerprint density at radius 3 is 2.63 bits per heavy atom. The average Bonchev–Trinajstić information content (AvgIpc) is 2.28. The van der Waals surface area contributed by atoms with Crippen LogP contribution < -0.4 is 0 Å². The van der Waals surface area contributed by atoms with Crippen molar-refractivity contribution >= 4 is 11.9 Å². The Labute approximate surface area is 113 Å². The standard InChI is InChI=1S/C15H18O4/c1-4-6-13-7-5-8-14(9-13)10-15(17)19-12(3)18-11(2)16/h4-5,7-9,12H,1,6,10H2,2-3H3. The van der Waals surface area contributed by atoms with E-state index in [9.17, 15) is 9.59 Å². The highest BCUT2D eigenvalue weighted by molar-refractivity contribution is 5.73. The van der Waals surface area contributed by atoms with Crippen molar-refractivity contribution in [3.05, 3.63) is 48.0 Å². The minimum Gasteiger partial charge on any atom is -0.426 e. The van der Waals surface area contributed by atoms with Crippen molar-refractivity contribution < 1.29 is 19.1 Å². The number of carbonyl (C=O) groups excluding carboxylic acids is 2. The van der Waals surface area contributed by atoms with Gasteiger partial charge in [-0.15, -0.1) is 6.58 Å². The Kier molecular flexibility index (Phi) is 5.79. The van der Waals surface area contributed by atoms with E-state index in [1.165, 1.54) is 13.8 Å².